The second-order valence-electron chi connectivity index (χ2n) is 4.53. The van der Waals surface area contributed by atoms with E-state index in [1.165, 1.54) is 5.69 Å². The van der Waals surface area contributed by atoms with E-state index in [1.807, 2.05) is 6.20 Å². The zero-order chi connectivity index (χ0) is 10.9. The molecule has 0 radical (unpaired) electrons. The van der Waals surface area contributed by atoms with Gasteiger partial charge in [0.2, 0.25) is 0 Å². The topological polar surface area (TPSA) is 39.1 Å². The highest BCUT2D eigenvalue weighted by Gasteiger charge is 2.37. The molecule has 1 N–H and O–H groups in total. The third kappa shape index (κ3) is 1.92. The van der Waals surface area contributed by atoms with Crippen LogP contribution in [0.15, 0.2) is 12.3 Å². The van der Waals surface area contributed by atoms with Gasteiger partial charge in [0, 0.05) is 44.6 Å². The van der Waals surface area contributed by atoms with Gasteiger partial charge in [0.15, 0.2) is 0 Å². The Balaban J connectivity index is 2.13. The van der Waals surface area contributed by atoms with Gasteiger partial charge in [0.1, 0.15) is 0 Å². The SMILES string of the molecule is COC1(Cc2ccnn2C(C)C)CNC1. The van der Waals surface area contributed by atoms with Gasteiger partial charge < -0.3 is 10.1 Å². The Morgan fingerprint density at radius 3 is 2.80 bits per heavy atom. The van der Waals surface area contributed by atoms with Crippen LogP contribution in [0.3, 0.4) is 0 Å². The molecule has 1 fully saturated rings. The van der Waals surface area contributed by atoms with Crippen LogP contribution in [-0.4, -0.2) is 35.6 Å². The molecule has 0 spiro atoms. The third-order valence-corrected chi connectivity index (χ3v) is 3.07. The fourth-order valence-electron chi connectivity index (χ4n) is 2.02. The fourth-order valence-corrected chi connectivity index (χ4v) is 2.02. The predicted octanol–water partition coefficient (Wildman–Crippen LogP) is 0.995. The molecule has 2 rings (SSSR count). The lowest BCUT2D eigenvalue weighted by molar-refractivity contribution is -0.0516. The van der Waals surface area contributed by atoms with Gasteiger partial charge in [0.25, 0.3) is 0 Å². The summed E-state index contributed by atoms with van der Waals surface area (Å²) in [5.74, 6) is 0. The van der Waals surface area contributed by atoms with E-state index in [9.17, 15) is 0 Å². The number of nitrogens with zero attached hydrogens (tertiary/aromatic N) is 2. The minimum Gasteiger partial charge on any atom is -0.375 e. The van der Waals surface area contributed by atoms with Crippen molar-refractivity contribution in [2.75, 3.05) is 20.2 Å². The summed E-state index contributed by atoms with van der Waals surface area (Å²) in [5, 5.41) is 7.59. The fraction of sp³-hybridized carbons (Fsp3) is 0.727. The van der Waals surface area contributed by atoms with Crippen LogP contribution in [-0.2, 0) is 11.2 Å². The maximum absolute atomic E-state index is 5.58. The summed E-state index contributed by atoms with van der Waals surface area (Å²) >= 11 is 0. The summed E-state index contributed by atoms with van der Waals surface area (Å²) in [6.07, 6.45) is 2.81. The summed E-state index contributed by atoms with van der Waals surface area (Å²) < 4.78 is 7.65. The first-order valence-corrected chi connectivity index (χ1v) is 5.45. The van der Waals surface area contributed by atoms with Crippen molar-refractivity contribution in [2.45, 2.75) is 31.9 Å². The molecule has 0 aliphatic carbocycles. The quantitative estimate of drug-likeness (QED) is 0.804. The van der Waals surface area contributed by atoms with Crippen molar-refractivity contribution in [1.82, 2.24) is 15.1 Å². The second-order valence-corrected chi connectivity index (χ2v) is 4.53. The number of methoxy groups -OCH3 is 1. The summed E-state index contributed by atoms with van der Waals surface area (Å²) in [5.41, 5.74) is 1.25. The summed E-state index contributed by atoms with van der Waals surface area (Å²) in [6, 6.07) is 2.50. The van der Waals surface area contributed by atoms with E-state index in [0.717, 1.165) is 19.5 Å². The van der Waals surface area contributed by atoms with Crippen molar-refractivity contribution in [3.8, 4) is 0 Å². The van der Waals surface area contributed by atoms with E-state index in [4.69, 9.17) is 4.74 Å². The molecular weight excluding hydrogens is 190 g/mol. The van der Waals surface area contributed by atoms with Crippen LogP contribution in [0.4, 0.5) is 0 Å². The van der Waals surface area contributed by atoms with Gasteiger partial charge >= 0.3 is 0 Å². The number of nitrogens with one attached hydrogen (secondary N) is 1. The first-order chi connectivity index (χ1) is 7.17. The van der Waals surface area contributed by atoms with Crippen molar-refractivity contribution in [1.29, 1.82) is 0 Å². The van der Waals surface area contributed by atoms with E-state index in [-0.39, 0.29) is 5.60 Å². The van der Waals surface area contributed by atoms with Crippen molar-refractivity contribution in [3.63, 3.8) is 0 Å². The molecule has 1 aromatic heterocycles. The van der Waals surface area contributed by atoms with Crippen LogP contribution in [0.1, 0.15) is 25.6 Å². The number of hydrogen-bond acceptors (Lipinski definition) is 3. The Morgan fingerprint density at radius 1 is 1.60 bits per heavy atom. The molecule has 0 saturated carbocycles. The van der Waals surface area contributed by atoms with Crippen LogP contribution >= 0.6 is 0 Å². The van der Waals surface area contributed by atoms with Gasteiger partial charge in [-0.25, -0.2) is 0 Å². The number of rotatable bonds is 4. The normalized spacial score (nSPS) is 19.2. The molecule has 0 atom stereocenters. The third-order valence-electron chi connectivity index (χ3n) is 3.07. The highest BCUT2D eigenvalue weighted by Crippen LogP contribution is 2.22. The molecule has 1 aromatic rings. The maximum Gasteiger partial charge on any atom is 0.0980 e. The second kappa shape index (κ2) is 3.94. The van der Waals surface area contributed by atoms with Crippen LogP contribution in [0.25, 0.3) is 0 Å². The Hall–Kier alpha value is -0.870. The predicted molar refractivity (Wildman–Crippen MR) is 58.9 cm³/mol. The van der Waals surface area contributed by atoms with E-state index in [0.29, 0.717) is 6.04 Å². The molecular formula is C11H19N3O. The highest BCUT2D eigenvalue weighted by molar-refractivity contribution is 5.10. The van der Waals surface area contributed by atoms with Gasteiger partial charge in [-0.1, -0.05) is 0 Å². The minimum atomic E-state index is -0.00727. The molecule has 0 bridgehead atoms. The average molecular weight is 209 g/mol. The highest BCUT2D eigenvalue weighted by atomic mass is 16.5. The molecule has 2 heterocycles. The Kier molecular flexibility index (Phi) is 2.80. The largest absolute Gasteiger partial charge is 0.375 e. The summed E-state index contributed by atoms with van der Waals surface area (Å²) in [7, 11) is 1.79. The first-order valence-electron chi connectivity index (χ1n) is 5.45. The molecule has 15 heavy (non-hydrogen) atoms. The van der Waals surface area contributed by atoms with Crippen molar-refractivity contribution < 1.29 is 4.74 Å². The first kappa shape index (κ1) is 10.6. The average Bonchev–Trinajstić information content (AvgIpc) is 2.59. The van der Waals surface area contributed by atoms with Gasteiger partial charge in [-0.3, -0.25) is 4.68 Å². The molecule has 4 nitrogen and oxygen atoms in total. The zero-order valence-electron chi connectivity index (χ0n) is 9.66. The Bertz CT molecular complexity index is 323. The molecule has 84 valence electrons. The maximum atomic E-state index is 5.58. The molecule has 0 unspecified atom stereocenters. The standard InChI is InChI=1S/C11H19N3O/c1-9(2)14-10(4-5-13-14)6-11(15-3)7-12-8-11/h4-5,9,12H,6-8H2,1-3H3. The van der Waals surface area contributed by atoms with Crippen LogP contribution in [0, 0.1) is 0 Å². The van der Waals surface area contributed by atoms with E-state index < -0.39 is 0 Å². The van der Waals surface area contributed by atoms with Crippen LogP contribution < -0.4 is 5.32 Å². The van der Waals surface area contributed by atoms with E-state index >= 15 is 0 Å². The monoisotopic (exact) mass is 209 g/mol. The van der Waals surface area contributed by atoms with Gasteiger partial charge in [0.05, 0.1) is 5.60 Å². The molecule has 0 amide bonds. The number of hydrogen-bond donors (Lipinski definition) is 1. The van der Waals surface area contributed by atoms with Gasteiger partial charge in [-0.2, -0.15) is 5.10 Å². The minimum absolute atomic E-state index is 0.00727. The zero-order valence-corrected chi connectivity index (χ0v) is 9.66. The van der Waals surface area contributed by atoms with Crippen molar-refractivity contribution in [2.24, 2.45) is 0 Å². The molecule has 0 aromatic carbocycles. The summed E-state index contributed by atoms with van der Waals surface area (Å²) in [6.45, 7) is 6.17. The Labute approximate surface area is 90.6 Å². The van der Waals surface area contributed by atoms with E-state index in [2.05, 4.69) is 35.0 Å². The lowest BCUT2D eigenvalue weighted by atomic mass is 9.91. The Morgan fingerprint density at radius 2 is 2.33 bits per heavy atom. The van der Waals surface area contributed by atoms with Crippen molar-refractivity contribution in [3.05, 3.63) is 18.0 Å². The van der Waals surface area contributed by atoms with Crippen LogP contribution in [0.2, 0.25) is 0 Å². The molecule has 4 heteroatoms. The number of ether oxygens (including phenoxy) is 1. The smallest absolute Gasteiger partial charge is 0.0980 e. The molecule has 1 saturated heterocycles. The molecule has 1 aliphatic rings. The lowest BCUT2D eigenvalue weighted by Gasteiger charge is -2.41. The van der Waals surface area contributed by atoms with Crippen molar-refractivity contribution >= 4 is 0 Å². The van der Waals surface area contributed by atoms with E-state index in [1.54, 1.807) is 7.11 Å². The summed E-state index contributed by atoms with van der Waals surface area (Å²) in [4.78, 5) is 0. The van der Waals surface area contributed by atoms with Gasteiger partial charge in [-0.15, -0.1) is 0 Å². The number of aromatic nitrogens is 2. The lowest BCUT2D eigenvalue weighted by Crippen LogP contribution is -2.62. The van der Waals surface area contributed by atoms with Gasteiger partial charge in [-0.05, 0) is 19.9 Å². The van der Waals surface area contributed by atoms with Crippen LogP contribution in [0.5, 0.6) is 0 Å². The molecule has 1 aliphatic heterocycles.